The van der Waals surface area contributed by atoms with Crippen molar-refractivity contribution < 1.29 is 0 Å². The molecule has 640 valence electrons. The first-order valence-electron chi connectivity index (χ1n) is 47.3. The van der Waals surface area contributed by atoms with E-state index in [4.69, 9.17) is 0 Å². The van der Waals surface area contributed by atoms with E-state index in [9.17, 15) is 0 Å². The molecule has 0 saturated heterocycles. The van der Waals surface area contributed by atoms with E-state index in [2.05, 4.69) is 552 Å². The molecule has 0 spiro atoms. The molecule has 1 aliphatic carbocycles. The van der Waals surface area contributed by atoms with Gasteiger partial charge in [-0.05, 0) is 266 Å². The molecule has 1 aliphatic rings. The molecule has 0 aliphatic heterocycles. The van der Waals surface area contributed by atoms with Gasteiger partial charge in [-0.3, -0.25) is 0 Å². The molecule has 4 nitrogen and oxygen atoms in total. The minimum atomic E-state index is -0.480. The highest BCUT2D eigenvalue weighted by molar-refractivity contribution is 6.26. The van der Waals surface area contributed by atoms with Crippen molar-refractivity contribution in [3.8, 4) is 101 Å². The lowest BCUT2D eigenvalue weighted by Crippen LogP contribution is -2.28. The number of nitrogens with zero attached hydrogens (tertiary/aromatic N) is 4. The molecule has 0 saturated carbocycles. The Morgan fingerprint density at radius 3 is 0.723 bits per heavy atom. The Balaban J connectivity index is 0.000000108. The molecule has 0 fully saturated rings. The summed E-state index contributed by atoms with van der Waals surface area (Å²) in [4.78, 5) is 0. The fraction of sp³-hybridized carbons (Fsp3) is 0.00752. The Morgan fingerprint density at radius 2 is 0.343 bits per heavy atom. The average Bonchev–Trinajstić information content (AvgIpc) is 1.53. The molecule has 0 amide bonds. The van der Waals surface area contributed by atoms with E-state index in [0.29, 0.717) is 0 Å². The molecule has 137 heavy (non-hydrogen) atoms. The maximum absolute atomic E-state index is 2.42. The first-order valence-corrected chi connectivity index (χ1v) is 47.3. The Labute approximate surface area is 794 Å². The van der Waals surface area contributed by atoms with E-state index in [0.717, 1.165) is 17.1 Å². The fourth-order valence-electron chi connectivity index (χ4n) is 22.4. The van der Waals surface area contributed by atoms with Gasteiger partial charge in [0.05, 0.1) is 49.5 Å². The highest BCUT2D eigenvalue weighted by Gasteiger charge is 2.46. The van der Waals surface area contributed by atoms with Crippen LogP contribution in [0.15, 0.2) is 534 Å². The Hall–Kier alpha value is -18.0. The summed E-state index contributed by atoms with van der Waals surface area (Å²) < 4.78 is 9.59. The highest BCUT2D eigenvalue weighted by Crippen LogP contribution is 2.57. The van der Waals surface area contributed by atoms with Crippen molar-refractivity contribution in [3.05, 3.63) is 556 Å². The minimum absolute atomic E-state index is 0.480. The minimum Gasteiger partial charge on any atom is -0.309 e. The van der Waals surface area contributed by atoms with Gasteiger partial charge in [0.25, 0.3) is 0 Å². The van der Waals surface area contributed by atoms with Crippen LogP contribution in [-0.4, -0.2) is 18.3 Å². The van der Waals surface area contributed by atoms with Crippen LogP contribution in [0.4, 0.5) is 0 Å². The maximum atomic E-state index is 2.42. The van der Waals surface area contributed by atoms with Crippen LogP contribution in [-0.2, 0) is 5.41 Å². The molecule has 0 atom stereocenters. The number of aromatic nitrogens is 4. The van der Waals surface area contributed by atoms with Gasteiger partial charge < -0.3 is 18.3 Å². The first kappa shape index (κ1) is 79.9. The Kier molecular flexibility index (Phi) is 19.5. The number of para-hydroxylation sites is 6. The van der Waals surface area contributed by atoms with Crippen LogP contribution in [0.25, 0.3) is 220 Å². The zero-order chi connectivity index (χ0) is 90.4. The quantitative estimate of drug-likeness (QED) is 0.109. The van der Waals surface area contributed by atoms with Gasteiger partial charge in [-0.15, -0.1) is 0 Å². The van der Waals surface area contributed by atoms with Crippen LogP contribution in [0.1, 0.15) is 22.3 Å². The van der Waals surface area contributed by atoms with Crippen LogP contribution in [0, 0.1) is 0 Å². The van der Waals surface area contributed by atoms with Crippen LogP contribution in [0.3, 0.4) is 0 Å². The fourth-order valence-corrected chi connectivity index (χ4v) is 22.4. The summed E-state index contributed by atoms with van der Waals surface area (Å²) in [5.74, 6) is 0. The molecular formula is C133H88N4. The summed E-state index contributed by atoms with van der Waals surface area (Å²) in [6.45, 7) is 0. The van der Waals surface area contributed by atoms with Gasteiger partial charge in [0.1, 0.15) is 0 Å². The Bertz CT molecular complexity index is 8890. The lowest BCUT2D eigenvalue weighted by atomic mass is 9.67. The second-order valence-corrected chi connectivity index (χ2v) is 36.1. The summed E-state index contributed by atoms with van der Waals surface area (Å²) in [5, 5.41) is 18.0. The lowest BCUT2D eigenvalue weighted by molar-refractivity contribution is 0.767. The number of hydrogen-bond donors (Lipinski definition) is 0. The van der Waals surface area contributed by atoms with Gasteiger partial charge in [0.15, 0.2) is 0 Å². The van der Waals surface area contributed by atoms with E-state index in [1.807, 2.05) is 0 Å². The van der Waals surface area contributed by atoms with Crippen molar-refractivity contribution in [2.45, 2.75) is 5.41 Å². The largest absolute Gasteiger partial charge is 0.309 e. The topological polar surface area (TPSA) is 19.7 Å². The van der Waals surface area contributed by atoms with Gasteiger partial charge in [-0.25, -0.2) is 0 Å². The number of benzene rings is 23. The van der Waals surface area contributed by atoms with Gasteiger partial charge in [-0.2, -0.15) is 0 Å². The standard InChI is InChI=1S/C49H32N2.C48H33N.C36H23N/c1-7-19-43-37(13-1)38-14-2-8-20-44(38)49(43,33-25-29-35(30-26-33)50-45-21-9-3-15-39(45)40-16-4-10-22-46(40)50)34-27-31-36(32-28-34)51-47-23-11-5-17-41(47)42-18-6-12-24-48(42)51;1-4-13-34(14-5-1)37-19-10-21-39(29-37)42-25-27-47-45(32-42)46-33-43(40-22-11-20-38(30-40)35-15-6-2-7-16-35)26-28-48(46)49(47)44-24-12-23-41(31-44)36-17-8-3-9-18-36;1-2-10-26(11-3-1)37-35-17-9-8-16-32(35)34-23-25(19-21-36(34)37)24-18-20-31-29-14-5-4-12-27(29)28-13-6-7-15-30(28)33(31)22-24/h1-32H;1-33H;1-23H. The second-order valence-electron chi connectivity index (χ2n) is 36.1. The molecular weight excluding hydrogens is 1650 g/mol. The van der Waals surface area contributed by atoms with Crippen molar-refractivity contribution in [2.75, 3.05) is 0 Å². The van der Waals surface area contributed by atoms with Gasteiger partial charge >= 0.3 is 0 Å². The number of hydrogen-bond acceptors (Lipinski definition) is 0. The monoisotopic (exact) mass is 1740 g/mol. The smallest absolute Gasteiger partial charge is 0.0713 e. The van der Waals surface area contributed by atoms with Crippen LogP contribution < -0.4 is 0 Å². The molecule has 27 aromatic rings. The first-order chi connectivity index (χ1) is 68.0. The van der Waals surface area contributed by atoms with Crippen molar-refractivity contribution in [2.24, 2.45) is 0 Å². The average molecular weight is 1740 g/mol. The zero-order valence-corrected chi connectivity index (χ0v) is 75.1. The third-order valence-corrected chi connectivity index (χ3v) is 28.6. The molecule has 23 aromatic carbocycles. The molecule has 4 heterocycles. The summed E-state index contributed by atoms with van der Waals surface area (Å²) in [7, 11) is 0. The van der Waals surface area contributed by atoms with Gasteiger partial charge in [-0.1, -0.05) is 400 Å². The second kappa shape index (κ2) is 33.4. The van der Waals surface area contributed by atoms with E-state index in [1.165, 1.54) is 225 Å². The van der Waals surface area contributed by atoms with Gasteiger partial charge in [0, 0.05) is 65.8 Å². The molecule has 0 radical (unpaired) electrons. The molecule has 4 heteroatoms. The molecule has 4 aromatic heterocycles. The van der Waals surface area contributed by atoms with Crippen LogP contribution in [0.2, 0.25) is 0 Å². The van der Waals surface area contributed by atoms with Crippen molar-refractivity contribution in [3.63, 3.8) is 0 Å². The van der Waals surface area contributed by atoms with E-state index in [-0.39, 0.29) is 0 Å². The summed E-state index contributed by atoms with van der Waals surface area (Å²) in [5.41, 5.74) is 36.3. The van der Waals surface area contributed by atoms with E-state index >= 15 is 0 Å². The van der Waals surface area contributed by atoms with Crippen molar-refractivity contribution in [1.82, 2.24) is 18.3 Å². The zero-order valence-electron chi connectivity index (χ0n) is 75.1. The highest BCUT2D eigenvalue weighted by atomic mass is 15.0. The molecule has 0 bridgehead atoms. The summed E-state index contributed by atoms with van der Waals surface area (Å²) in [6, 6.07) is 195. The number of fused-ring (bicyclic) bond motifs is 21. The van der Waals surface area contributed by atoms with Gasteiger partial charge in [0.2, 0.25) is 0 Å². The molecule has 0 unspecified atom stereocenters. The van der Waals surface area contributed by atoms with Crippen molar-refractivity contribution >= 4 is 120 Å². The lowest BCUT2D eigenvalue weighted by Gasteiger charge is -2.34. The molecule has 0 N–H and O–H groups in total. The molecule has 28 rings (SSSR count). The predicted octanol–water partition coefficient (Wildman–Crippen LogP) is 35.3. The summed E-state index contributed by atoms with van der Waals surface area (Å²) >= 11 is 0. The van der Waals surface area contributed by atoms with Crippen LogP contribution >= 0.6 is 0 Å². The third kappa shape index (κ3) is 13.5. The normalized spacial score (nSPS) is 12.1. The Morgan fingerprint density at radius 1 is 0.117 bits per heavy atom. The van der Waals surface area contributed by atoms with Crippen molar-refractivity contribution in [1.29, 1.82) is 0 Å². The number of rotatable bonds is 12. The maximum Gasteiger partial charge on any atom is 0.0713 e. The van der Waals surface area contributed by atoms with Crippen LogP contribution in [0.5, 0.6) is 0 Å². The predicted molar refractivity (Wildman–Crippen MR) is 579 cm³/mol. The SMILES string of the molecule is c1ccc(-c2cccc(-c3ccc4c(c3)c3cc(-c5cccc(-c6ccccc6)c5)ccc3n4-c3cccc(-c4ccccc4)c3)c2)cc1.c1ccc(-n2c3ccccc3c3cc(-c4ccc5c6ccccc6c6ccccc6c5c4)ccc32)cc1.c1ccc2c(c1)-c1ccccc1C2(c1ccc(-n2c3ccccc3c3ccccc32)cc1)c1ccc(-n2c3ccccc3c3ccccc32)cc1. The third-order valence-electron chi connectivity index (χ3n) is 28.6. The summed E-state index contributed by atoms with van der Waals surface area (Å²) in [6.07, 6.45) is 0. The van der Waals surface area contributed by atoms with E-state index < -0.39 is 5.41 Å². The van der Waals surface area contributed by atoms with E-state index in [1.54, 1.807) is 0 Å².